The smallest absolute Gasteiger partial charge is 0.335 e. The van der Waals surface area contributed by atoms with Gasteiger partial charge in [0.25, 0.3) is 0 Å². The van der Waals surface area contributed by atoms with E-state index >= 15 is 0 Å². The van der Waals surface area contributed by atoms with Crippen molar-refractivity contribution < 1.29 is 9.90 Å². The lowest BCUT2D eigenvalue weighted by Gasteiger charge is -2.11. The first kappa shape index (κ1) is 16.9. The van der Waals surface area contributed by atoms with E-state index in [1.54, 1.807) is 36.4 Å². The molecule has 3 aromatic rings. The lowest BCUT2D eigenvalue weighted by Crippen LogP contribution is -2.03. The maximum atomic E-state index is 10.9. The summed E-state index contributed by atoms with van der Waals surface area (Å²) in [5.41, 5.74) is 2.77. The number of anilines is 4. The van der Waals surface area contributed by atoms with E-state index in [9.17, 15) is 10.1 Å². The first-order chi connectivity index (χ1) is 12.5. The number of carbonyl (C=O) groups is 1. The zero-order chi connectivity index (χ0) is 18.5. The quantitative estimate of drug-likeness (QED) is 0.644. The minimum absolute atomic E-state index is 0.213. The van der Waals surface area contributed by atoms with Gasteiger partial charge in [-0.25, -0.2) is 9.78 Å². The molecular weight excluding hydrogens is 330 g/mol. The minimum Gasteiger partial charge on any atom is -0.478 e. The molecule has 0 radical (unpaired) electrons. The molecule has 0 unspecified atom stereocenters. The normalized spacial score (nSPS) is 10.0. The summed E-state index contributed by atoms with van der Waals surface area (Å²) in [5, 5.41) is 24.3. The predicted molar refractivity (Wildman–Crippen MR) is 97.9 cm³/mol. The molecule has 7 heteroatoms. The molecule has 128 valence electrons. The zero-order valence-corrected chi connectivity index (χ0v) is 13.9. The van der Waals surface area contributed by atoms with Crippen molar-refractivity contribution >= 4 is 29.1 Å². The highest BCUT2D eigenvalue weighted by Gasteiger charge is 2.07. The van der Waals surface area contributed by atoms with Crippen molar-refractivity contribution in [2.75, 3.05) is 10.6 Å². The summed E-state index contributed by atoms with van der Waals surface area (Å²) in [7, 11) is 0. The molecule has 0 fully saturated rings. The van der Waals surface area contributed by atoms with Gasteiger partial charge in [0.05, 0.1) is 16.8 Å². The number of nitriles is 1. The molecule has 1 heterocycles. The molecule has 0 atom stereocenters. The van der Waals surface area contributed by atoms with E-state index in [4.69, 9.17) is 5.11 Å². The summed E-state index contributed by atoms with van der Waals surface area (Å²) in [5.74, 6) is -0.0630. The topological polar surface area (TPSA) is 111 Å². The second-order valence-corrected chi connectivity index (χ2v) is 5.51. The Bertz CT molecular complexity index is 994. The van der Waals surface area contributed by atoms with E-state index in [1.165, 1.54) is 12.1 Å². The van der Waals surface area contributed by atoms with Crippen LogP contribution in [0.1, 0.15) is 21.6 Å². The van der Waals surface area contributed by atoms with E-state index < -0.39 is 5.97 Å². The third kappa shape index (κ3) is 3.94. The Hall–Kier alpha value is -3.92. The lowest BCUT2D eigenvalue weighted by molar-refractivity contribution is 0.0697. The molecule has 0 aliphatic rings. The number of nitrogens with zero attached hydrogens (tertiary/aromatic N) is 3. The van der Waals surface area contributed by atoms with Crippen LogP contribution < -0.4 is 10.6 Å². The van der Waals surface area contributed by atoms with E-state index in [-0.39, 0.29) is 5.56 Å². The van der Waals surface area contributed by atoms with Crippen LogP contribution >= 0.6 is 0 Å². The molecule has 3 N–H and O–H groups in total. The van der Waals surface area contributed by atoms with Crippen molar-refractivity contribution in [1.82, 2.24) is 9.97 Å². The number of benzene rings is 2. The average molecular weight is 345 g/mol. The number of aryl methyl sites for hydroxylation is 1. The van der Waals surface area contributed by atoms with Crippen LogP contribution in [0, 0.1) is 18.3 Å². The zero-order valence-electron chi connectivity index (χ0n) is 13.9. The predicted octanol–water partition coefficient (Wildman–Crippen LogP) is 3.84. The van der Waals surface area contributed by atoms with Gasteiger partial charge in [0, 0.05) is 17.4 Å². The molecule has 0 aliphatic heterocycles. The largest absolute Gasteiger partial charge is 0.478 e. The second kappa shape index (κ2) is 7.32. The number of hydrogen-bond acceptors (Lipinski definition) is 6. The summed E-state index contributed by atoms with van der Waals surface area (Å²) in [4.78, 5) is 19.6. The van der Waals surface area contributed by atoms with Crippen LogP contribution in [0.5, 0.6) is 0 Å². The number of aromatic nitrogens is 2. The summed E-state index contributed by atoms with van der Waals surface area (Å²) >= 11 is 0. The Kier molecular flexibility index (Phi) is 4.76. The third-order valence-corrected chi connectivity index (χ3v) is 3.55. The fourth-order valence-corrected chi connectivity index (χ4v) is 2.34. The van der Waals surface area contributed by atoms with E-state index in [1.807, 2.05) is 13.0 Å². The summed E-state index contributed by atoms with van der Waals surface area (Å²) in [6.07, 6.45) is 0. The van der Waals surface area contributed by atoms with Gasteiger partial charge in [-0.1, -0.05) is 12.1 Å². The van der Waals surface area contributed by atoms with Crippen molar-refractivity contribution in [2.45, 2.75) is 6.92 Å². The third-order valence-electron chi connectivity index (χ3n) is 3.55. The average Bonchev–Trinajstić information content (AvgIpc) is 2.62. The standard InChI is InChI=1S/C19H15N5O2/c1-12-10-17(22-15-8-6-13(7-9-15)18(25)26)24-19(21-12)23-16-5-3-2-4-14(16)11-20/h2-10H,1H3,(H,25,26)(H2,21,22,23,24). The highest BCUT2D eigenvalue weighted by atomic mass is 16.4. The molecular formula is C19H15N5O2. The molecule has 26 heavy (non-hydrogen) atoms. The maximum absolute atomic E-state index is 10.9. The first-order valence-electron chi connectivity index (χ1n) is 7.77. The van der Waals surface area contributed by atoms with E-state index in [0.29, 0.717) is 28.7 Å². The fourth-order valence-electron chi connectivity index (χ4n) is 2.34. The van der Waals surface area contributed by atoms with Crippen LogP contribution in [0.3, 0.4) is 0 Å². The van der Waals surface area contributed by atoms with E-state index in [2.05, 4.69) is 26.7 Å². The minimum atomic E-state index is -0.975. The Labute approximate surface area is 150 Å². The number of carboxylic acids is 1. The number of carboxylic acid groups (broad SMARTS) is 1. The van der Waals surface area contributed by atoms with Gasteiger partial charge in [-0.05, 0) is 43.3 Å². The summed E-state index contributed by atoms with van der Waals surface area (Å²) < 4.78 is 0. The molecule has 3 rings (SSSR count). The van der Waals surface area contributed by atoms with E-state index in [0.717, 1.165) is 5.69 Å². The van der Waals surface area contributed by atoms with Gasteiger partial charge in [-0.15, -0.1) is 0 Å². The van der Waals surface area contributed by atoms with Gasteiger partial charge in [-0.3, -0.25) is 0 Å². The van der Waals surface area contributed by atoms with Crippen LogP contribution in [0.15, 0.2) is 54.6 Å². The number of nitrogens with one attached hydrogen (secondary N) is 2. The lowest BCUT2D eigenvalue weighted by atomic mass is 10.2. The van der Waals surface area contributed by atoms with Gasteiger partial charge in [0.2, 0.25) is 5.95 Å². The van der Waals surface area contributed by atoms with Crippen LogP contribution in [0.25, 0.3) is 0 Å². The molecule has 0 bridgehead atoms. The van der Waals surface area contributed by atoms with Gasteiger partial charge < -0.3 is 15.7 Å². The number of hydrogen-bond donors (Lipinski definition) is 3. The van der Waals surface area contributed by atoms with Gasteiger partial charge >= 0.3 is 5.97 Å². The molecule has 1 aromatic heterocycles. The molecule has 0 saturated carbocycles. The van der Waals surface area contributed by atoms with Crippen LogP contribution in [0.2, 0.25) is 0 Å². The molecule has 2 aromatic carbocycles. The molecule has 7 nitrogen and oxygen atoms in total. The van der Waals surface area contributed by atoms with Crippen molar-refractivity contribution in [1.29, 1.82) is 5.26 Å². The Morgan fingerprint density at radius 1 is 1.08 bits per heavy atom. The summed E-state index contributed by atoms with van der Waals surface area (Å²) in [6, 6.07) is 17.3. The maximum Gasteiger partial charge on any atom is 0.335 e. The number of para-hydroxylation sites is 1. The highest BCUT2D eigenvalue weighted by molar-refractivity contribution is 5.88. The monoisotopic (exact) mass is 345 g/mol. The fraction of sp³-hybridized carbons (Fsp3) is 0.0526. The van der Waals surface area contributed by atoms with Crippen molar-refractivity contribution in [3.05, 3.63) is 71.4 Å². The Balaban J connectivity index is 1.83. The molecule has 0 aliphatic carbocycles. The van der Waals surface area contributed by atoms with Crippen molar-refractivity contribution in [2.24, 2.45) is 0 Å². The molecule has 0 amide bonds. The molecule has 0 saturated heterocycles. The van der Waals surface area contributed by atoms with Gasteiger partial charge in [-0.2, -0.15) is 10.2 Å². The molecule has 0 spiro atoms. The second-order valence-electron chi connectivity index (χ2n) is 5.51. The van der Waals surface area contributed by atoms with Crippen LogP contribution in [-0.2, 0) is 0 Å². The SMILES string of the molecule is Cc1cc(Nc2ccc(C(=O)O)cc2)nc(Nc2ccccc2C#N)n1. The Morgan fingerprint density at radius 2 is 1.81 bits per heavy atom. The number of aromatic carboxylic acids is 1. The Morgan fingerprint density at radius 3 is 2.50 bits per heavy atom. The van der Waals surface area contributed by atoms with Gasteiger partial charge in [0.15, 0.2) is 0 Å². The van der Waals surface area contributed by atoms with Crippen LogP contribution in [0.4, 0.5) is 23.1 Å². The van der Waals surface area contributed by atoms with Crippen molar-refractivity contribution in [3.63, 3.8) is 0 Å². The number of rotatable bonds is 5. The summed E-state index contributed by atoms with van der Waals surface area (Å²) in [6.45, 7) is 1.84. The van der Waals surface area contributed by atoms with Gasteiger partial charge in [0.1, 0.15) is 11.9 Å². The first-order valence-corrected chi connectivity index (χ1v) is 7.77. The van der Waals surface area contributed by atoms with Crippen LogP contribution in [-0.4, -0.2) is 21.0 Å². The highest BCUT2D eigenvalue weighted by Crippen LogP contribution is 2.21. The van der Waals surface area contributed by atoms with Crippen molar-refractivity contribution in [3.8, 4) is 6.07 Å².